The van der Waals surface area contributed by atoms with E-state index in [1.165, 1.54) is 11.3 Å². The summed E-state index contributed by atoms with van der Waals surface area (Å²) in [6, 6.07) is 12.3. The van der Waals surface area contributed by atoms with E-state index in [9.17, 15) is 4.79 Å². The molecule has 0 bridgehead atoms. The van der Waals surface area contributed by atoms with Crippen LogP contribution in [0.4, 0.5) is 11.5 Å². The zero-order chi connectivity index (χ0) is 18.5. The average Bonchev–Trinajstić information content (AvgIpc) is 2.66. The molecule has 0 aliphatic carbocycles. The van der Waals surface area contributed by atoms with Gasteiger partial charge < -0.3 is 15.1 Å². The molecule has 2 heterocycles. The highest BCUT2D eigenvalue weighted by Crippen LogP contribution is 2.20. The van der Waals surface area contributed by atoms with Gasteiger partial charge in [0.25, 0.3) is 5.91 Å². The van der Waals surface area contributed by atoms with Gasteiger partial charge in [-0.25, -0.2) is 4.98 Å². The second-order valence-corrected chi connectivity index (χ2v) is 7.32. The van der Waals surface area contributed by atoms with Crippen molar-refractivity contribution in [2.24, 2.45) is 5.92 Å². The van der Waals surface area contributed by atoms with E-state index >= 15 is 0 Å². The maximum Gasteiger partial charge on any atom is 0.251 e. The van der Waals surface area contributed by atoms with Crippen molar-refractivity contribution in [3.05, 3.63) is 53.7 Å². The first-order chi connectivity index (χ1) is 12.5. The third-order valence-electron chi connectivity index (χ3n) is 4.65. The van der Waals surface area contributed by atoms with Gasteiger partial charge in [0.15, 0.2) is 0 Å². The summed E-state index contributed by atoms with van der Waals surface area (Å²) in [5, 5.41) is 2.97. The van der Waals surface area contributed by atoms with E-state index in [4.69, 9.17) is 0 Å². The highest BCUT2D eigenvalue weighted by Gasteiger charge is 2.19. The molecule has 1 N–H and O–H groups in total. The van der Waals surface area contributed by atoms with Crippen LogP contribution < -0.4 is 15.1 Å². The summed E-state index contributed by atoms with van der Waals surface area (Å²) in [5.74, 6) is 1.29. The number of rotatable bonds is 5. The fourth-order valence-corrected chi connectivity index (χ4v) is 3.15. The molecule has 0 spiro atoms. The molecule has 1 amide bonds. The number of nitrogens with zero attached hydrogens (tertiary/aromatic N) is 3. The van der Waals surface area contributed by atoms with Gasteiger partial charge in [-0.15, -0.1) is 0 Å². The Bertz CT molecular complexity index is 751. The molecule has 5 heteroatoms. The van der Waals surface area contributed by atoms with Crippen LogP contribution in [0.2, 0.25) is 0 Å². The number of piperazine rings is 1. The Morgan fingerprint density at radius 3 is 2.54 bits per heavy atom. The number of nitrogens with one attached hydrogen (secondary N) is 1. The van der Waals surface area contributed by atoms with Crippen LogP contribution in [0.5, 0.6) is 0 Å². The molecular weight excluding hydrogens is 324 g/mol. The smallest absolute Gasteiger partial charge is 0.251 e. The lowest BCUT2D eigenvalue weighted by molar-refractivity contribution is 0.0949. The molecule has 0 saturated carbocycles. The number of amides is 1. The number of carbonyl (C=O) groups excluding carboxylic acids is 1. The third kappa shape index (κ3) is 4.54. The summed E-state index contributed by atoms with van der Waals surface area (Å²) in [6.07, 6.45) is 1.73. The molecule has 0 unspecified atom stereocenters. The van der Waals surface area contributed by atoms with Crippen molar-refractivity contribution in [1.29, 1.82) is 0 Å². The zero-order valence-electron chi connectivity index (χ0n) is 15.9. The van der Waals surface area contributed by atoms with Crippen LogP contribution in [0, 0.1) is 12.8 Å². The Morgan fingerprint density at radius 2 is 1.85 bits per heavy atom. The van der Waals surface area contributed by atoms with E-state index in [-0.39, 0.29) is 5.91 Å². The van der Waals surface area contributed by atoms with Crippen molar-refractivity contribution >= 4 is 17.4 Å². The summed E-state index contributed by atoms with van der Waals surface area (Å²) in [5.41, 5.74) is 3.24. The Labute approximate surface area is 156 Å². The van der Waals surface area contributed by atoms with Crippen LogP contribution in [0.3, 0.4) is 0 Å². The minimum atomic E-state index is -0.0271. The molecule has 0 radical (unpaired) electrons. The number of hydrogen-bond donors (Lipinski definition) is 1. The predicted octanol–water partition coefficient (Wildman–Crippen LogP) is 3.10. The van der Waals surface area contributed by atoms with E-state index in [0.29, 0.717) is 18.0 Å². The molecule has 1 fully saturated rings. The molecule has 3 rings (SSSR count). The van der Waals surface area contributed by atoms with Crippen LogP contribution in [0.25, 0.3) is 0 Å². The Morgan fingerprint density at radius 1 is 1.12 bits per heavy atom. The summed E-state index contributed by atoms with van der Waals surface area (Å²) in [6.45, 7) is 10.7. The fraction of sp³-hybridized carbons (Fsp3) is 0.429. The Balaban J connectivity index is 1.62. The third-order valence-corrected chi connectivity index (χ3v) is 4.65. The highest BCUT2D eigenvalue weighted by molar-refractivity contribution is 5.94. The van der Waals surface area contributed by atoms with Crippen molar-refractivity contribution in [3.8, 4) is 0 Å². The van der Waals surface area contributed by atoms with Crippen molar-refractivity contribution < 1.29 is 4.79 Å². The van der Waals surface area contributed by atoms with E-state index < -0.39 is 0 Å². The largest absolute Gasteiger partial charge is 0.368 e. The second kappa shape index (κ2) is 8.21. The SMILES string of the molecule is Cc1cccc(N2CCN(c3cc(C(=O)NCC(C)C)ccn3)CC2)c1. The van der Waals surface area contributed by atoms with Gasteiger partial charge in [-0.1, -0.05) is 26.0 Å². The molecule has 1 saturated heterocycles. The maximum atomic E-state index is 12.3. The number of hydrogen-bond acceptors (Lipinski definition) is 4. The highest BCUT2D eigenvalue weighted by atomic mass is 16.1. The van der Waals surface area contributed by atoms with Gasteiger partial charge in [0, 0.05) is 50.2 Å². The van der Waals surface area contributed by atoms with Crippen molar-refractivity contribution in [3.63, 3.8) is 0 Å². The van der Waals surface area contributed by atoms with E-state index in [0.717, 1.165) is 32.0 Å². The first-order valence-electron chi connectivity index (χ1n) is 9.34. The minimum Gasteiger partial charge on any atom is -0.368 e. The number of carbonyl (C=O) groups is 1. The zero-order valence-corrected chi connectivity index (χ0v) is 15.9. The molecule has 0 atom stereocenters. The van der Waals surface area contributed by atoms with Crippen molar-refractivity contribution in [2.45, 2.75) is 20.8 Å². The van der Waals surface area contributed by atoms with Gasteiger partial charge in [0.1, 0.15) is 5.82 Å². The number of pyridine rings is 1. The van der Waals surface area contributed by atoms with Gasteiger partial charge in [-0.05, 0) is 42.7 Å². The van der Waals surface area contributed by atoms with Gasteiger partial charge >= 0.3 is 0 Å². The number of aryl methyl sites for hydroxylation is 1. The van der Waals surface area contributed by atoms with Gasteiger partial charge in [-0.3, -0.25) is 4.79 Å². The quantitative estimate of drug-likeness (QED) is 0.898. The van der Waals surface area contributed by atoms with E-state index in [1.807, 2.05) is 6.07 Å². The molecule has 5 nitrogen and oxygen atoms in total. The van der Waals surface area contributed by atoms with Gasteiger partial charge in [0.2, 0.25) is 0 Å². The lowest BCUT2D eigenvalue weighted by atomic mass is 10.2. The van der Waals surface area contributed by atoms with Crippen LogP contribution in [0.1, 0.15) is 29.8 Å². The van der Waals surface area contributed by atoms with Crippen LogP contribution in [0.15, 0.2) is 42.6 Å². The maximum absolute atomic E-state index is 12.3. The first-order valence-corrected chi connectivity index (χ1v) is 9.34. The Hall–Kier alpha value is -2.56. The minimum absolute atomic E-state index is 0.0271. The summed E-state index contributed by atoms with van der Waals surface area (Å²) >= 11 is 0. The molecular formula is C21H28N4O. The average molecular weight is 352 g/mol. The molecule has 1 aromatic heterocycles. The predicted molar refractivity (Wildman–Crippen MR) is 107 cm³/mol. The van der Waals surface area contributed by atoms with Gasteiger partial charge in [0.05, 0.1) is 0 Å². The number of benzene rings is 1. The molecule has 1 aliphatic heterocycles. The van der Waals surface area contributed by atoms with E-state index in [2.05, 4.69) is 65.1 Å². The molecule has 1 aliphatic rings. The normalized spacial score (nSPS) is 14.6. The standard InChI is InChI=1S/C21H28N4O/c1-16(2)15-23-21(26)18-7-8-22-20(14-18)25-11-9-24(10-12-25)19-6-4-5-17(3)13-19/h4-8,13-14,16H,9-12,15H2,1-3H3,(H,23,26). The van der Waals surface area contributed by atoms with Crippen LogP contribution in [-0.4, -0.2) is 43.6 Å². The van der Waals surface area contributed by atoms with E-state index in [1.54, 1.807) is 12.3 Å². The lowest BCUT2D eigenvalue weighted by Gasteiger charge is -2.37. The van der Waals surface area contributed by atoms with Crippen molar-refractivity contribution in [2.75, 3.05) is 42.5 Å². The topological polar surface area (TPSA) is 48.5 Å². The lowest BCUT2D eigenvalue weighted by Crippen LogP contribution is -2.46. The molecule has 138 valence electrons. The van der Waals surface area contributed by atoms with Crippen molar-refractivity contribution in [1.82, 2.24) is 10.3 Å². The molecule has 1 aromatic carbocycles. The molecule has 26 heavy (non-hydrogen) atoms. The number of anilines is 2. The van der Waals surface area contributed by atoms with Crippen LogP contribution in [-0.2, 0) is 0 Å². The summed E-state index contributed by atoms with van der Waals surface area (Å²) < 4.78 is 0. The monoisotopic (exact) mass is 352 g/mol. The Kier molecular flexibility index (Phi) is 5.76. The fourth-order valence-electron chi connectivity index (χ4n) is 3.15. The number of aromatic nitrogens is 1. The summed E-state index contributed by atoms with van der Waals surface area (Å²) in [7, 11) is 0. The second-order valence-electron chi connectivity index (χ2n) is 7.32. The molecule has 2 aromatic rings. The first kappa shape index (κ1) is 18.2. The summed E-state index contributed by atoms with van der Waals surface area (Å²) in [4.78, 5) is 21.4. The van der Waals surface area contributed by atoms with Crippen LogP contribution >= 0.6 is 0 Å². The van der Waals surface area contributed by atoms with Gasteiger partial charge in [-0.2, -0.15) is 0 Å².